The minimum absolute atomic E-state index is 0.0531. The molecule has 0 radical (unpaired) electrons. The third kappa shape index (κ3) is 7.68. The van der Waals surface area contributed by atoms with Gasteiger partial charge in [0.05, 0.1) is 29.1 Å². The molecule has 10 nitrogen and oxygen atoms in total. The number of carbonyl (C=O) groups excluding carboxylic acids is 2. The second-order valence-corrected chi connectivity index (χ2v) is 12.1. The van der Waals surface area contributed by atoms with Crippen molar-refractivity contribution in [2.45, 2.75) is 39.0 Å². The molecule has 0 spiro atoms. The van der Waals surface area contributed by atoms with E-state index in [1.807, 2.05) is 33.0 Å². The SMILES string of the molecule is C[C@@H]1CN([C@@H](C)CO)C(=O)Cc2cc(NC(=O)Nc3ccc4c(c3)OCO4)ccc2O[C@H]1CN(C)Cc1ccc(Cl)c(Cl)c1. The van der Waals surface area contributed by atoms with E-state index in [4.69, 9.17) is 37.4 Å². The van der Waals surface area contributed by atoms with Gasteiger partial charge in [0.15, 0.2) is 11.5 Å². The van der Waals surface area contributed by atoms with Gasteiger partial charge in [-0.05, 0) is 62.0 Å². The number of aliphatic hydroxyl groups is 1. The molecule has 0 bridgehead atoms. The smallest absolute Gasteiger partial charge is 0.323 e. The summed E-state index contributed by atoms with van der Waals surface area (Å²) in [5.41, 5.74) is 2.69. The van der Waals surface area contributed by atoms with Gasteiger partial charge in [0.25, 0.3) is 0 Å². The van der Waals surface area contributed by atoms with Crippen LogP contribution in [0.2, 0.25) is 10.0 Å². The summed E-state index contributed by atoms with van der Waals surface area (Å²) in [5.74, 6) is 1.56. The van der Waals surface area contributed by atoms with E-state index in [2.05, 4.69) is 15.5 Å². The Morgan fingerprint density at radius 2 is 1.73 bits per heavy atom. The Labute approximate surface area is 266 Å². The predicted molar refractivity (Wildman–Crippen MR) is 170 cm³/mol. The van der Waals surface area contributed by atoms with Crippen LogP contribution < -0.4 is 24.8 Å². The Bertz CT molecular complexity index is 1520. The van der Waals surface area contributed by atoms with E-state index in [0.717, 1.165) is 5.56 Å². The Balaban J connectivity index is 1.34. The van der Waals surface area contributed by atoms with Crippen LogP contribution >= 0.6 is 23.2 Å². The summed E-state index contributed by atoms with van der Waals surface area (Å²) in [4.78, 5) is 30.2. The zero-order chi connectivity index (χ0) is 31.4. The Morgan fingerprint density at radius 3 is 2.45 bits per heavy atom. The average molecular weight is 644 g/mol. The van der Waals surface area contributed by atoms with Gasteiger partial charge in [-0.2, -0.15) is 0 Å². The summed E-state index contributed by atoms with van der Waals surface area (Å²) in [6.45, 7) is 5.46. The van der Waals surface area contributed by atoms with Gasteiger partial charge in [0, 0.05) is 48.6 Å². The number of carbonyl (C=O) groups is 2. The summed E-state index contributed by atoms with van der Waals surface area (Å²) < 4.78 is 17.3. The van der Waals surface area contributed by atoms with Crippen molar-refractivity contribution in [1.29, 1.82) is 0 Å². The molecule has 2 aliphatic rings. The predicted octanol–water partition coefficient (Wildman–Crippen LogP) is 5.65. The van der Waals surface area contributed by atoms with Crippen molar-refractivity contribution in [2.75, 3.05) is 44.2 Å². The first-order valence-electron chi connectivity index (χ1n) is 14.4. The molecule has 12 heteroatoms. The molecule has 3 atom stereocenters. The maximum Gasteiger partial charge on any atom is 0.323 e. The lowest BCUT2D eigenvalue weighted by atomic mass is 10.0. The molecule has 3 aromatic rings. The van der Waals surface area contributed by atoms with Crippen molar-refractivity contribution < 1.29 is 28.9 Å². The molecular weight excluding hydrogens is 607 g/mol. The molecule has 2 aliphatic heterocycles. The van der Waals surface area contributed by atoms with Crippen LogP contribution in [-0.4, -0.2) is 72.5 Å². The molecule has 234 valence electrons. The van der Waals surface area contributed by atoms with Crippen LogP contribution in [0.15, 0.2) is 54.6 Å². The molecule has 0 saturated heterocycles. The second-order valence-electron chi connectivity index (χ2n) is 11.3. The van der Waals surface area contributed by atoms with Crippen LogP contribution in [0, 0.1) is 5.92 Å². The zero-order valence-corrected chi connectivity index (χ0v) is 26.3. The van der Waals surface area contributed by atoms with E-state index in [-0.39, 0.29) is 43.8 Å². The summed E-state index contributed by atoms with van der Waals surface area (Å²) in [7, 11) is 2.00. The maximum atomic E-state index is 13.5. The van der Waals surface area contributed by atoms with E-state index in [1.54, 1.807) is 47.4 Å². The Morgan fingerprint density at radius 1 is 1.02 bits per heavy atom. The molecule has 5 rings (SSSR count). The molecule has 3 aromatic carbocycles. The van der Waals surface area contributed by atoms with Crippen molar-refractivity contribution in [1.82, 2.24) is 9.80 Å². The van der Waals surface area contributed by atoms with E-state index >= 15 is 0 Å². The fourth-order valence-electron chi connectivity index (χ4n) is 5.31. The highest BCUT2D eigenvalue weighted by molar-refractivity contribution is 6.42. The lowest BCUT2D eigenvalue weighted by Crippen LogP contribution is -2.47. The van der Waals surface area contributed by atoms with E-state index in [9.17, 15) is 14.7 Å². The average Bonchev–Trinajstić information content (AvgIpc) is 3.46. The van der Waals surface area contributed by atoms with Gasteiger partial charge >= 0.3 is 6.03 Å². The second kappa shape index (κ2) is 13.9. The summed E-state index contributed by atoms with van der Waals surface area (Å²) in [6, 6.07) is 15.2. The summed E-state index contributed by atoms with van der Waals surface area (Å²) in [5, 5.41) is 16.6. The number of nitrogens with one attached hydrogen (secondary N) is 2. The number of halogens is 2. The molecule has 3 N–H and O–H groups in total. The van der Waals surface area contributed by atoms with Crippen molar-refractivity contribution in [3.8, 4) is 17.2 Å². The van der Waals surface area contributed by atoms with Crippen molar-refractivity contribution >= 4 is 46.5 Å². The van der Waals surface area contributed by atoms with Crippen molar-refractivity contribution in [2.24, 2.45) is 5.92 Å². The Kier molecular flexibility index (Phi) is 10.1. The number of fused-ring (bicyclic) bond motifs is 2. The number of hydrogen-bond acceptors (Lipinski definition) is 7. The lowest BCUT2D eigenvalue weighted by Gasteiger charge is -2.34. The number of aliphatic hydroxyl groups excluding tert-OH is 1. The maximum absolute atomic E-state index is 13.5. The molecule has 0 unspecified atom stereocenters. The van der Waals surface area contributed by atoms with E-state index in [0.29, 0.717) is 63.9 Å². The largest absolute Gasteiger partial charge is 0.488 e. The highest BCUT2D eigenvalue weighted by Gasteiger charge is 2.31. The molecular formula is C32H36Cl2N4O6. The first-order valence-corrected chi connectivity index (χ1v) is 15.1. The number of likely N-dealkylation sites (N-methyl/N-ethyl adjacent to an activating group) is 1. The Hall–Kier alpha value is -3.70. The molecule has 0 saturated carbocycles. The highest BCUT2D eigenvalue weighted by Crippen LogP contribution is 2.34. The van der Waals surface area contributed by atoms with Gasteiger partial charge in [-0.1, -0.05) is 36.2 Å². The minimum atomic E-state index is -0.454. The lowest BCUT2D eigenvalue weighted by molar-refractivity contribution is -0.134. The van der Waals surface area contributed by atoms with Crippen LogP contribution in [0.3, 0.4) is 0 Å². The number of amides is 3. The number of rotatable bonds is 8. The molecule has 44 heavy (non-hydrogen) atoms. The number of urea groups is 1. The summed E-state index contributed by atoms with van der Waals surface area (Å²) >= 11 is 12.3. The van der Waals surface area contributed by atoms with Crippen LogP contribution in [-0.2, 0) is 17.8 Å². The third-order valence-electron chi connectivity index (χ3n) is 7.73. The van der Waals surface area contributed by atoms with Crippen molar-refractivity contribution in [3.05, 3.63) is 75.8 Å². The fraction of sp³-hybridized carbons (Fsp3) is 0.375. The number of ether oxygens (including phenoxy) is 3. The first-order chi connectivity index (χ1) is 21.1. The van der Waals surface area contributed by atoms with Gasteiger partial charge in [-0.15, -0.1) is 0 Å². The quantitative estimate of drug-likeness (QED) is 0.291. The topological polar surface area (TPSA) is 113 Å². The molecule has 2 heterocycles. The van der Waals surface area contributed by atoms with Gasteiger partial charge < -0.3 is 34.9 Å². The van der Waals surface area contributed by atoms with Gasteiger partial charge in [0.1, 0.15) is 11.9 Å². The van der Waals surface area contributed by atoms with Crippen molar-refractivity contribution in [3.63, 3.8) is 0 Å². The van der Waals surface area contributed by atoms with Crippen LogP contribution in [0.4, 0.5) is 16.2 Å². The highest BCUT2D eigenvalue weighted by atomic mass is 35.5. The van der Waals surface area contributed by atoms with Gasteiger partial charge in [-0.3, -0.25) is 9.69 Å². The first kappa shape index (κ1) is 31.7. The monoisotopic (exact) mass is 642 g/mol. The van der Waals surface area contributed by atoms with Crippen LogP contribution in [0.25, 0.3) is 0 Å². The molecule has 0 fully saturated rings. The van der Waals surface area contributed by atoms with E-state index in [1.165, 1.54) is 0 Å². The van der Waals surface area contributed by atoms with Gasteiger partial charge in [0.2, 0.25) is 12.7 Å². The third-order valence-corrected chi connectivity index (χ3v) is 8.47. The number of hydrogen-bond donors (Lipinski definition) is 3. The zero-order valence-electron chi connectivity index (χ0n) is 24.8. The number of nitrogens with zero attached hydrogens (tertiary/aromatic N) is 2. The standard InChI is InChI=1S/C32H36Cl2N4O6/c1-19-14-38(20(2)17-39)31(40)12-22-11-23(35-32(41)36-24-6-9-28-29(13-24)43-18-42-28)5-8-27(22)44-30(19)16-37(3)15-21-4-7-25(33)26(34)10-21/h4-11,13,19-20,30,39H,12,14-18H2,1-3H3,(H2,35,36,41)/t19-,20+,30+/m1/s1. The molecule has 3 amide bonds. The normalized spacial score (nSPS) is 18.5. The molecule has 0 aromatic heterocycles. The van der Waals surface area contributed by atoms with Crippen LogP contribution in [0.1, 0.15) is 25.0 Å². The van der Waals surface area contributed by atoms with Gasteiger partial charge in [-0.25, -0.2) is 4.79 Å². The van der Waals surface area contributed by atoms with E-state index < -0.39 is 6.03 Å². The molecule has 0 aliphatic carbocycles. The van der Waals surface area contributed by atoms with Crippen LogP contribution in [0.5, 0.6) is 17.2 Å². The minimum Gasteiger partial charge on any atom is -0.488 e. The summed E-state index contributed by atoms with van der Waals surface area (Å²) in [6.07, 6.45) is -0.230. The fourth-order valence-corrected chi connectivity index (χ4v) is 5.64. The number of benzene rings is 3. The number of anilines is 2.